The second kappa shape index (κ2) is 7.82. The smallest absolute Gasteiger partial charge is 0.225 e. The molecule has 1 aromatic heterocycles. The summed E-state index contributed by atoms with van der Waals surface area (Å²) in [6, 6.07) is 8.96. The summed E-state index contributed by atoms with van der Waals surface area (Å²) in [5.41, 5.74) is 8.06. The Hall–Kier alpha value is -2.83. The van der Waals surface area contributed by atoms with Crippen molar-refractivity contribution in [2.75, 3.05) is 30.3 Å². The van der Waals surface area contributed by atoms with E-state index in [2.05, 4.69) is 22.0 Å². The van der Waals surface area contributed by atoms with Crippen molar-refractivity contribution in [3.05, 3.63) is 30.3 Å². The quantitative estimate of drug-likeness (QED) is 0.860. The highest BCUT2D eigenvalue weighted by Crippen LogP contribution is 2.32. The van der Waals surface area contributed by atoms with Crippen molar-refractivity contribution in [2.45, 2.75) is 33.2 Å². The molecule has 2 unspecified atom stereocenters. The summed E-state index contributed by atoms with van der Waals surface area (Å²) in [6.45, 7) is 8.08. The van der Waals surface area contributed by atoms with Crippen LogP contribution in [0.1, 0.15) is 27.2 Å². The molecule has 1 amide bonds. The van der Waals surface area contributed by atoms with Crippen molar-refractivity contribution < 1.29 is 9.90 Å². The highest BCUT2D eigenvalue weighted by Gasteiger charge is 2.30. The first-order valence-electron chi connectivity index (χ1n) is 9.39. The summed E-state index contributed by atoms with van der Waals surface area (Å²) in [5, 5.41) is 18.3. The van der Waals surface area contributed by atoms with Crippen LogP contribution < -0.4 is 10.6 Å². The SMILES string of the molecule is CCC(C)C(=O)N1CCN(c2cc(-c3ccccc3O)nnc2N)CC1C. The maximum atomic E-state index is 12.6. The number of phenols is 1. The molecule has 7 heteroatoms. The molecule has 1 fully saturated rings. The number of phenolic OH excluding ortho intramolecular Hbond substituents is 1. The molecule has 7 nitrogen and oxygen atoms in total. The van der Waals surface area contributed by atoms with Crippen LogP contribution in [-0.2, 0) is 4.79 Å². The predicted octanol–water partition coefficient (Wildman–Crippen LogP) is 2.51. The van der Waals surface area contributed by atoms with E-state index in [1.807, 2.05) is 30.9 Å². The molecule has 144 valence electrons. The zero-order chi connectivity index (χ0) is 19.6. The molecule has 3 N–H and O–H groups in total. The van der Waals surface area contributed by atoms with Crippen LogP contribution in [0, 0.1) is 5.92 Å². The standard InChI is InChI=1S/C20H27N5O2/c1-4-13(2)20(27)25-10-9-24(12-14(25)3)17-11-16(22-23-19(17)21)15-7-5-6-8-18(15)26/h5-8,11,13-14,26H,4,9-10,12H2,1-3H3,(H2,21,23). The molecule has 0 aliphatic carbocycles. The summed E-state index contributed by atoms with van der Waals surface area (Å²) >= 11 is 0. The number of nitrogens with zero attached hydrogens (tertiary/aromatic N) is 4. The zero-order valence-electron chi connectivity index (χ0n) is 16.1. The Morgan fingerprint density at radius 1 is 1.33 bits per heavy atom. The Bertz CT molecular complexity index is 826. The van der Waals surface area contributed by atoms with Crippen molar-refractivity contribution in [1.82, 2.24) is 15.1 Å². The fraction of sp³-hybridized carbons (Fsp3) is 0.450. The number of amides is 1. The molecular formula is C20H27N5O2. The summed E-state index contributed by atoms with van der Waals surface area (Å²) in [5.74, 6) is 0.752. The van der Waals surface area contributed by atoms with E-state index in [0.717, 1.165) is 12.1 Å². The largest absolute Gasteiger partial charge is 0.507 e. The first-order valence-corrected chi connectivity index (χ1v) is 9.39. The molecular weight excluding hydrogens is 342 g/mol. The van der Waals surface area contributed by atoms with Crippen molar-refractivity contribution in [2.24, 2.45) is 5.92 Å². The fourth-order valence-corrected chi connectivity index (χ4v) is 3.43. The number of rotatable bonds is 4. The van der Waals surface area contributed by atoms with Crippen molar-refractivity contribution in [3.63, 3.8) is 0 Å². The van der Waals surface area contributed by atoms with Gasteiger partial charge in [0.25, 0.3) is 0 Å². The minimum atomic E-state index is 0.0410. The van der Waals surface area contributed by atoms with E-state index < -0.39 is 0 Å². The van der Waals surface area contributed by atoms with Crippen LogP contribution in [0.5, 0.6) is 5.75 Å². The lowest BCUT2D eigenvalue weighted by atomic mass is 10.0. The van der Waals surface area contributed by atoms with Crippen LogP contribution in [0.4, 0.5) is 11.5 Å². The molecule has 2 aromatic rings. The van der Waals surface area contributed by atoms with Crippen LogP contribution in [0.15, 0.2) is 30.3 Å². The van der Waals surface area contributed by atoms with Crippen LogP contribution in [0.25, 0.3) is 11.3 Å². The molecule has 27 heavy (non-hydrogen) atoms. The van der Waals surface area contributed by atoms with Crippen LogP contribution >= 0.6 is 0 Å². The van der Waals surface area contributed by atoms with Gasteiger partial charge in [-0.1, -0.05) is 26.0 Å². The molecule has 3 rings (SSSR count). The van der Waals surface area contributed by atoms with Crippen LogP contribution in [0.2, 0.25) is 0 Å². The second-order valence-corrected chi connectivity index (χ2v) is 7.15. The van der Waals surface area contributed by atoms with Crippen molar-refractivity contribution in [3.8, 4) is 17.0 Å². The molecule has 1 aliphatic rings. The van der Waals surface area contributed by atoms with E-state index in [-0.39, 0.29) is 23.6 Å². The van der Waals surface area contributed by atoms with Gasteiger partial charge in [0, 0.05) is 37.2 Å². The molecule has 1 saturated heterocycles. The van der Waals surface area contributed by atoms with E-state index >= 15 is 0 Å². The van der Waals surface area contributed by atoms with Gasteiger partial charge in [-0.15, -0.1) is 10.2 Å². The molecule has 1 aliphatic heterocycles. The number of anilines is 2. The fourth-order valence-electron chi connectivity index (χ4n) is 3.43. The van der Waals surface area contributed by atoms with E-state index in [4.69, 9.17) is 5.73 Å². The minimum Gasteiger partial charge on any atom is -0.507 e. The van der Waals surface area contributed by atoms with Crippen LogP contribution in [-0.4, -0.2) is 51.8 Å². The monoisotopic (exact) mass is 369 g/mol. The number of hydrogen-bond acceptors (Lipinski definition) is 6. The maximum Gasteiger partial charge on any atom is 0.225 e. The molecule has 0 saturated carbocycles. The normalized spacial score (nSPS) is 18.4. The Labute approximate surface area is 159 Å². The first-order chi connectivity index (χ1) is 12.9. The highest BCUT2D eigenvalue weighted by atomic mass is 16.3. The Kier molecular flexibility index (Phi) is 5.48. The van der Waals surface area contributed by atoms with Gasteiger partial charge in [0.05, 0.1) is 11.4 Å². The van der Waals surface area contributed by atoms with Crippen molar-refractivity contribution in [1.29, 1.82) is 0 Å². The number of nitrogen functional groups attached to an aromatic ring is 1. The lowest BCUT2D eigenvalue weighted by Gasteiger charge is -2.42. The van der Waals surface area contributed by atoms with E-state index in [9.17, 15) is 9.90 Å². The molecule has 1 aromatic carbocycles. The number of carbonyl (C=O) groups is 1. The van der Waals surface area contributed by atoms with Crippen molar-refractivity contribution >= 4 is 17.4 Å². The van der Waals surface area contributed by atoms with Gasteiger partial charge in [-0.3, -0.25) is 4.79 Å². The van der Waals surface area contributed by atoms with Gasteiger partial charge in [0.15, 0.2) is 5.82 Å². The highest BCUT2D eigenvalue weighted by molar-refractivity contribution is 5.79. The Morgan fingerprint density at radius 3 is 2.74 bits per heavy atom. The number of aromatic nitrogens is 2. The number of hydrogen-bond donors (Lipinski definition) is 2. The van der Waals surface area contributed by atoms with Gasteiger partial charge in [-0.2, -0.15) is 0 Å². The van der Waals surface area contributed by atoms with E-state index in [1.165, 1.54) is 0 Å². The van der Waals surface area contributed by atoms with Gasteiger partial charge >= 0.3 is 0 Å². The number of benzene rings is 1. The van der Waals surface area contributed by atoms with E-state index in [0.29, 0.717) is 36.7 Å². The van der Waals surface area contributed by atoms with Crippen LogP contribution in [0.3, 0.4) is 0 Å². The lowest BCUT2D eigenvalue weighted by molar-refractivity contribution is -0.137. The molecule has 0 radical (unpaired) electrons. The summed E-state index contributed by atoms with van der Waals surface area (Å²) in [4.78, 5) is 16.7. The Balaban J connectivity index is 1.83. The molecule has 0 spiro atoms. The molecule has 0 bridgehead atoms. The third kappa shape index (κ3) is 3.82. The number of piperazine rings is 1. The second-order valence-electron chi connectivity index (χ2n) is 7.15. The predicted molar refractivity (Wildman–Crippen MR) is 106 cm³/mol. The van der Waals surface area contributed by atoms with Gasteiger partial charge in [-0.25, -0.2) is 0 Å². The maximum absolute atomic E-state index is 12.6. The number of nitrogens with two attached hydrogens (primary N) is 1. The number of carbonyl (C=O) groups excluding carboxylic acids is 1. The Morgan fingerprint density at radius 2 is 2.07 bits per heavy atom. The topological polar surface area (TPSA) is 95.6 Å². The third-order valence-electron chi connectivity index (χ3n) is 5.27. The summed E-state index contributed by atoms with van der Waals surface area (Å²) in [6.07, 6.45) is 0.844. The van der Waals surface area contributed by atoms with Gasteiger partial charge in [0.1, 0.15) is 5.75 Å². The zero-order valence-corrected chi connectivity index (χ0v) is 16.1. The summed E-state index contributed by atoms with van der Waals surface area (Å²) < 4.78 is 0. The number of aromatic hydroxyl groups is 1. The average molecular weight is 369 g/mol. The molecule has 2 heterocycles. The van der Waals surface area contributed by atoms with E-state index in [1.54, 1.807) is 18.2 Å². The minimum absolute atomic E-state index is 0.0410. The third-order valence-corrected chi connectivity index (χ3v) is 5.27. The first kappa shape index (κ1) is 18.9. The number of para-hydroxylation sites is 1. The molecule has 2 atom stereocenters. The van der Waals surface area contributed by atoms with Gasteiger partial charge in [-0.05, 0) is 31.5 Å². The summed E-state index contributed by atoms with van der Waals surface area (Å²) in [7, 11) is 0. The van der Waals surface area contributed by atoms with Gasteiger partial charge < -0.3 is 20.6 Å². The average Bonchev–Trinajstić information content (AvgIpc) is 2.67. The lowest BCUT2D eigenvalue weighted by Crippen LogP contribution is -2.55. The van der Waals surface area contributed by atoms with Gasteiger partial charge in [0.2, 0.25) is 5.91 Å².